The van der Waals surface area contributed by atoms with Crippen molar-refractivity contribution in [2.75, 3.05) is 24.6 Å². The summed E-state index contributed by atoms with van der Waals surface area (Å²) in [4.78, 5) is 22.0. The zero-order chi connectivity index (χ0) is 23.3. The van der Waals surface area contributed by atoms with E-state index in [0.717, 1.165) is 11.1 Å². The van der Waals surface area contributed by atoms with E-state index < -0.39 is 5.82 Å². The molecule has 0 unspecified atom stereocenters. The van der Waals surface area contributed by atoms with E-state index >= 15 is 0 Å². The van der Waals surface area contributed by atoms with Crippen LogP contribution < -0.4 is 4.90 Å². The fourth-order valence-electron chi connectivity index (χ4n) is 4.45. The van der Waals surface area contributed by atoms with Crippen molar-refractivity contribution in [3.05, 3.63) is 64.2 Å². The number of halogens is 2. The number of morpholine rings is 1. The first-order valence-corrected chi connectivity index (χ1v) is 11.3. The lowest BCUT2D eigenvalue weighted by Gasteiger charge is -2.33. The van der Waals surface area contributed by atoms with Gasteiger partial charge < -0.3 is 14.5 Å². The zero-order valence-electron chi connectivity index (χ0n) is 18.8. The third-order valence-corrected chi connectivity index (χ3v) is 6.46. The summed E-state index contributed by atoms with van der Waals surface area (Å²) < 4.78 is 22.7. The average Bonchev–Trinajstić information content (AvgIpc) is 3.37. The number of anilines is 1. The van der Waals surface area contributed by atoms with E-state index in [4.69, 9.17) is 21.3 Å². The molecule has 1 fully saturated rings. The molecular weight excluding hydrogens is 445 g/mol. The lowest BCUT2D eigenvalue weighted by Crippen LogP contribution is -2.39. The molecule has 0 radical (unpaired) electrons. The van der Waals surface area contributed by atoms with E-state index in [2.05, 4.69) is 10.00 Å². The first kappa shape index (κ1) is 21.9. The minimum Gasteiger partial charge on any atom is -0.370 e. The number of hydrogen-bond donors (Lipinski definition) is 0. The molecule has 4 heterocycles. The molecule has 7 nitrogen and oxygen atoms in total. The molecule has 0 bridgehead atoms. The Morgan fingerprint density at radius 2 is 2.06 bits per heavy atom. The van der Waals surface area contributed by atoms with Gasteiger partial charge in [0.15, 0.2) is 0 Å². The Bertz CT molecular complexity index is 1230. The van der Waals surface area contributed by atoms with Gasteiger partial charge in [-0.25, -0.2) is 9.37 Å². The van der Waals surface area contributed by atoms with Crippen molar-refractivity contribution < 1.29 is 13.9 Å². The summed E-state index contributed by atoms with van der Waals surface area (Å²) in [7, 11) is 1.87. The molecule has 2 aliphatic rings. The summed E-state index contributed by atoms with van der Waals surface area (Å²) in [5.41, 5.74) is 3.12. The summed E-state index contributed by atoms with van der Waals surface area (Å²) >= 11 is 5.99. The Balaban J connectivity index is 1.58. The number of ether oxygens (including phenoxy) is 1. The SMILES string of the molecule is CC(C)N1Cc2c(cc(N3CCO[C@@H](c4cnn(C)c4)C3)nc2-c2ccc(Cl)cc2F)C1=O. The van der Waals surface area contributed by atoms with Crippen LogP contribution in [-0.2, 0) is 18.3 Å². The first-order chi connectivity index (χ1) is 15.8. The highest BCUT2D eigenvalue weighted by molar-refractivity contribution is 6.30. The number of benzene rings is 1. The van der Waals surface area contributed by atoms with Gasteiger partial charge in [0.1, 0.15) is 17.7 Å². The van der Waals surface area contributed by atoms with Crippen LogP contribution in [0.2, 0.25) is 5.02 Å². The Kier molecular flexibility index (Phi) is 5.58. The van der Waals surface area contributed by atoms with E-state index in [0.29, 0.717) is 53.9 Å². The van der Waals surface area contributed by atoms with Crippen molar-refractivity contribution in [1.29, 1.82) is 0 Å². The van der Waals surface area contributed by atoms with Gasteiger partial charge in [0, 0.05) is 60.6 Å². The zero-order valence-corrected chi connectivity index (χ0v) is 19.5. The van der Waals surface area contributed by atoms with Gasteiger partial charge in [-0.05, 0) is 38.1 Å². The van der Waals surface area contributed by atoms with E-state index in [1.165, 1.54) is 6.07 Å². The van der Waals surface area contributed by atoms with Crippen LogP contribution in [0.1, 0.15) is 41.4 Å². The van der Waals surface area contributed by atoms with Crippen LogP contribution >= 0.6 is 11.6 Å². The summed E-state index contributed by atoms with van der Waals surface area (Å²) in [5.74, 6) is 0.116. The van der Waals surface area contributed by atoms with Crippen LogP contribution in [0.15, 0.2) is 36.7 Å². The highest BCUT2D eigenvalue weighted by atomic mass is 35.5. The molecule has 172 valence electrons. The summed E-state index contributed by atoms with van der Waals surface area (Å²) in [5, 5.41) is 4.56. The number of carbonyl (C=O) groups is 1. The minimum atomic E-state index is -0.458. The maximum absolute atomic E-state index is 15.0. The quantitative estimate of drug-likeness (QED) is 0.572. The molecule has 9 heteroatoms. The van der Waals surface area contributed by atoms with E-state index in [1.54, 1.807) is 27.9 Å². The molecule has 0 N–H and O–H groups in total. The van der Waals surface area contributed by atoms with Crippen molar-refractivity contribution in [2.45, 2.75) is 32.5 Å². The number of carbonyl (C=O) groups excluding carboxylic acids is 1. The van der Waals surface area contributed by atoms with Crippen LogP contribution in [0, 0.1) is 5.82 Å². The van der Waals surface area contributed by atoms with Gasteiger partial charge in [-0.15, -0.1) is 0 Å². The fraction of sp³-hybridized carbons (Fsp3) is 0.375. The number of nitrogens with zero attached hydrogens (tertiary/aromatic N) is 5. The van der Waals surface area contributed by atoms with Gasteiger partial charge in [-0.3, -0.25) is 9.48 Å². The second-order valence-corrected chi connectivity index (χ2v) is 9.20. The van der Waals surface area contributed by atoms with E-state index in [1.807, 2.05) is 33.2 Å². The van der Waals surface area contributed by atoms with Crippen molar-refractivity contribution in [2.24, 2.45) is 7.05 Å². The molecule has 3 aromatic rings. The fourth-order valence-corrected chi connectivity index (χ4v) is 4.61. The largest absolute Gasteiger partial charge is 0.370 e. The molecule has 1 amide bonds. The predicted octanol–water partition coefficient (Wildman–Crippen LogP) is 4.22. The molecular formula is C24H25ClFN5O2. The summed E-state index contributed by atoms with van der Waals surface area (Å²) in [6, 6.07) is 6.41. The highest BCUT2D eigenvalue weighted by Gasteiger charge is 2.35. The topological polar surface area (TPSA) is 63.5 Å². The predicted molar refractivity (Wildman–Crippen MR) is 124 cm³/mol. The van der Waals surface area contributed by atoms with Crippen LogP contribution in [0.3, 0.4) is 0 Å². The molecule has 0 aliphatic carbocycles. The Hall–Kier alpha value is -2.97. The van der Waals surface area contributed by atoms with Crippen molar-refractivity contribution >= 4 is 23.3 Å². The van der Waals surface area contributed by atoms with Crippen molar-refractivity contribution in [3.63, 3.8) is 0 Å². The van der Waals surface area contributed by atoms with Crippen LogP contribution in [0.4, 0.5) is 10.2 Å². The van der Waals surface area contributed by atoms with Crippen molar-refractivity contribution in [3.8, 4) is 11.3 Å². The van der Waals surface area contributed by atoms with E-state index in [-0.39, 0.29) is 18.1 Å². The third kappa shape index (κ3) is 3.98. The second kappa shape index (κ2) is 8.43. The number of hydrogen-bond acceptors (Lipinski definition) is 5. The highest BCUT2D eigenvalue weighted by Crippen LogP contribution is 2.37. The lowest BCUT2D eigenvalue weighted by molar-refractivity contribution is 0.0395. The first-order valence-electron chi connectivity index (χ1n) is 11.0. The minimum absolute atomic E-state index is 0.0228. The number of rotatable bonds is 4. The lowest BCUT2D eigenvalue weighted by atomic mass is 10.0. The molecule has 2 aliphatic heterocycles. The van der Waals surface area contributed by atoms with E-state index in [9.17, 15) is 9.18 Å². The van der Waals surface area contributed by atoms with Crippen molar-refractivity contribution in [1.82, 2.24) is 19.7 Å². The Labute approximate surface area is 196 Å². The number of aromatic nitrogens is 3. The van der Waals surface area contributed by atoms with Gasteiger partial charge in [0.05, 0.1) is 24.1 Å². The summed E-state index contributed by atoms with van der Waals surface area (Å²) in [6.45, 7) is 6.03. The van der Waals surface area contributed by atoms with Gasteiger partial charge in [0.25, 0.3) is 5.91 Å². The molecule has 1 aromatic carbocycles. The number of amides is 1. The molecule has 5 rings (SSSR count). The van der Waals surface area contributed by atoms with Gasteiger partial charge >= 0.3 is 0 Å². The van der Waals surface area contributed by atoms with Gasteiger partial charge in [0.2, 0.25) is 0 Å². The summed E-state index contributed by atoms with van der Waals surface area (Å²) in [6.07, 6.45) is 3.56. The molecule has 1 saturated heterocycles. The molecule has 2 aromatic heterocycles. The molecule has 0 saturated carbocycles. The van der Waals surface area contributed by atoms with Crippen LogP contribution in [0.25, 0.3) is 11.3 Å². The molecule has 0 spiro atoms. The Morgan fingerprint density at radius 1 is 1.24 bits per heavy atom. The average molecular weight is 470 g/mol. The van der Waals surface area contributed by atoms with Gasteiger partial charge in [-0.2, -0.15) is 5.10 Å². The number of fused-ring (bicyclic) bond motifs is 1. The maximum Gasteiger partial charge on any atom is 0.254 e. The maximum atomic E-state index is 15.0. The Morgan fingerprint density at radius 3 is 2.76 bits per heavy atom. The van der Waals surface area contributed by atoms with Crippen LogP contribution in [0.5, 0.6) is 0 Å². The monoisotopic (exact) mass is 469 g/mol. The standard InChI is InChI=1S/C24H25ClFN5O2/c1-14(2)31-12-19-18(24(31)32)9-22(28-23(19)17-5-4-16(25)8-20(17)26)30-6-7-33-21(13-30)15-10-27-29(3)11-15/h4-5,8-11,14,21H,6-7,12-13H2,1-3H3/t21-/m1/s1. The molecule has 33 heavy (non-hydrogen) atoms. The second-order valence-electron chi connectivity index (χ2n) is 8.76. The normalized spacial score (nSPS) is 18.4. The molecule has 1 atom stereocenters. The van der Waals surface area contributed by atoms with Crippen LogP contribution in [-0.4, -0.2) is 51.3 Å². The number of aryl methyl sites for hydroxylation is 1. The third-order valence-electron chi connectivity index (χ3n) is 6.23. The van der Waals surface area contributed by atoms with Gasteiger partial charge in [-0.1, -0.05) is 11.6 Å². The smallest absolute Gasteiger partial charge is 0.254 e. The number of pyridine rings is 1.